The Kier molecular flexibility index (Phi) is 5.59. The number of pyridine rings is 1. The molecule has 0 aliphatic heterocycles. The van der Waals surface area contributed by atoms with Crippen molar-refractivity contribution < 1.29 is 4.74 Å². The van der Waals surface area contributed by atoms with Crippen molar-refractivity contribution in [3.05, 3.63) is 23.9 Å². The first-order chi connectivity index (χ1) is 10.1. The minimum atomic E-state index is 0.141. The van der Waals surface area contributed by atoms with Crippen LogP contribution in [0.25, 0.3) is 0 Å². The fourth-order valence-electron chi connectivity index (χ4n) is 3.50. The Balaban J connectivity index is 2.18. The topological polar surface area (TPSA) is 51.4 Å². The van der Waals surface area contributed by atoms with Crippen LogP contribution in [0.3, 0.4) is 0 Å². The summed E-state index contributed by atoms with van der Waals surface area (Å²) in [6.07, 6.45) is 6.72. The molecule has 1 aliphatic carbocycles. The first-order valence-corrected chi connectivity index (χ1v) is 8.08. The lowest BCUT2D eigenvalue weighted by Gasteiger charge is -2.47. The maximum absolute atomic E-state index is 6.20. The van der Waals surface area contributed by atoms with E-state index in [1.807, 2.05) is 6.07 Å². The minimum absolute atomic E-state index is 0.141. The smallest absolute Gasteiger partial charge is 0.217 e. The van der Waals surface area contributed by atoms with Crippen LogP contribution in [0.15, 0.2) is 18.3 Å². The minimum Gasteiger partial charge on any atom is -0.481 e. The SMILES string of the molecule is CCN(Cc1cccnc1OC)C1(CN)CCC(C)CC1. The highest BCUT2D eigenvalue weighted by Crippen LogP contribution is 2.37. The van der Waals surface area contributed by atoms with Crippen molar-refractivity contribution in [2.24, 2.45) is 11.7 Å². The van der Waals surface area contributed by atoms with Gasteiger partial charge in [0.05, 0.1) is 7.11 Å². The average Bonchev–Trinajstić information content (AvgIpc) is 2.54. The summed E-state index contributed by atoms with van der Waals surface area (Å²) in [6.45, 7) is 7.16. The molecule has 1 aromatic rings. The van der Waals surface area contributed by atoms with Gasteiger partial charge in [-0.3, -0.25) is 4.90 Å². The summed E-state index contributed by atoms with van der Waals surface area (Å²) >= 11 is 0. The van der Waals surface area contributed by atoms with Gasteiger partial charge in [-0.25, -0.2) is 4.98 Å². The average molecular weight is 291 g/mol. The maximum Gasteiger partial charge on any atom is 0.217 e. The number of aromatic nitrogens is 1. The van der Waals surface area contributed by atoms with Gasteiger partial charge in [0.2, 0.25) is 5.88 Å². The Bertz CT molecular complexity index is 441. The van der Waals surface area contributed by atoms with Crippen LogP contribution in [0, 0.1) is 5.92 Å². The van der Waals surface area contributed by atoms with E-state index in [4.69, 9.17) is 10.5 Å². The largest absolute Gasteiger partial charge is 0.481 e. The molecule has 0 unspecified atom stereocenters. The fraction of sp³-hybridized carbons (Fsp3) is 0.706. The van der Waals surface area contributed by atoms with Crippen LogP contribution in [0.1, 0.15) is 45.1 Å². The molecular weight excluding hydrogens is 262 g/mol. The van der Waals surface area contributed by atoms with E-state index in [9.17, 15) is 0 Å². The summed E-state index contributed by atoms with van der Waals surface area (Å²) in [5, 5.41) is 0. The van der Waals surface area contributed by atoms with Crippen molar-refractivity contribution in [1.82, 2.24) is 9.88 Å². The van der Waals surface area contributed by atoms with Crippen molar-refractivity contribution in [3.8, 4) is 5.88 Å². The number of rotatable bonds is 6. The molecule has 21 heavy (non-hydrogen) atoms. The van der Waals surface area contributed by atoms with Gasteiger partial charge in [-0.1, -0.05) is 19.9 Å². The fourth-order valence-corrected chi connectivity index (χ4v) is 3.50. The van der Waals surface area contributed by atoms with Crippen molar-refractivity contribution in [2.75, 3.05) is 20.2 Å². The van der Waals surface area contributed by atoms with Crippen LogP contribution in [0.4, 0.5) is 0 Å². The Morgan fingerprint density at radius 1 is 1.43 bits per heavy atom. The molecule has 0 atom stereocenters. The predicted octanol–water partition coefficient (Wildman–Crippen LogP) is 2.82. The zero-order valence-electron chi connectivity index (χ0n) is 13.6. The summed E-state index contributed by atoms with van der Waals surface area (Å²) in [4.78, 5) is 6.84. The van der Waals surface area contributed by atoms with E-state index in [0.717, 1.165) is 37.0 Å². The molecule has 0 radical (unpaired) electrons. The van der Waals surface area contributed by atoms with Gasteiger partial charge >= 0.3 is 0 Å². The molecule has 1 heterocycles. The van der Waals surface area contributed by atoms with E-state index < -0.39 is 0 Å². The van der Waals surface area contributed by atoms with Crippen molar-refractivity contribution in [2.45, 2.75) is 51.6 Å². The quantitative estimate of drug-likeness (QED) is 0.875. The monoisotopic (exact) mass is 291 g/mol. The number of hydrogen-bond donors (Lipinski definition) is 1. The third-order valence-electron chi connectivity index (χ3n) is 5.04. The van der Waals surface area contributed by atoms with Gasteiger partial charge in [0, 0.05) is 30.4 Å². The molecule has 2 N–H and O–H groups in total. The number of nitrogens with zero attached hydrogens (tertiary/aromatic N) is 2. The second-order valence-electron chi connectivity index (χ2n) is 6.30. The van der Waals surface area contributed by atoms with Gasteiger partial charge in [0.25, 0.3) is 0 Å². The van der Waals surface area contributed by atoms with E-state index in [1.54, 1.807) is 13.3 Å². The molecule has 1 aromatic heterocycles. The summed E-state index contributed by atoms with van der Waals surface area (Å²) < 4.78 is 5.39. The Hall–Kier alpha value is -1.13. The van der Waals surface area contributed by atoms with E-state index in [2.05, 4.69) is 29.8 Å². The third kappa shape index (κ3) is 3.55. The second-order valence-corrected chi connectivity index (χ2v) is 6.30. The van der Waals surface area contributed by atoms with E-state index >= 15 is 0 Å². The third-order valence-corrected chi connectivity index (χ3v) is 5.04. The highest BCUT2D eigenvalue weighted by Gasteiger charge is 2.37. The molecule has 4 nitrogen and oxygen atoms in total. The highest BCUT2D eigenvalue weighted by molar-refractivity contribution is 5.25. The lowest BCUT2D eigenvalue weighted by atomic mass is 9.76. The second kappa shape index (κ2) is 7.23. The molecule has 1 aliphatic rings. The Morgan fingerprint density at radius 3 is 2.71 bits per heavy atom. The summed E-state index contributed by atoms with van der Waals surface area (Å²) in [5.41, 5.74) is 7.48. The van der Waals surface area contributed by atoms with Gasteiger partial charge in [-0.15, -0.1) is 0 Å². The van der Waals surface area contributed by atoms with Gasteiger partial charge < -0.3 is 10.5 Å². The summed E-state index contributed by atoms with van der Waals surface area (Å²) in [5.74, 6) is 1.56. The van der Waals surface area contributed by atoms with Crippen LogP contribution in [-0.4, -0.2) is 35.6 Å². The van der Waals surface area contributed by atoms with E-state index in [-0.39, 0.29) is 5.54 Å². The molecule has 4 heteroatoms. The molecule has 0 aromatic carbocycles. The number of hydrogen-bond acceptors (Lipinski definition) is 4. The molecule has 0 spiro atoms. The zero-order chi connectivity index (χ0) is 15.3. The number of ether oxygens (including phenoxy) is 1. The highest BCUT2D eigenvalue weighted by atomic mass is 16.5. The Morgan fingerprint density at radius 2 is 2.14 bits per heavy atom. The van der Waals surface area contributed by atoms with E-state index in [0.29, 0.717) is 0 Å². The molecular formula is C17H29N3O. The maximum atomic E-state index is 6.20. The van der Waals surface area contributed by atoms with Crippen molar-refractivity contribution >= 4 is 0 Å². The Labute approximate surface area is 128 Å². The zero-order valence-corrected chi connectivity index (χ0v) is 13.6. The van der Waals surface area contributed by atoms with Gasteiger partial charge in [-0.05, 0) is 44.2 Å². The lowest BCUT2D eigenvalue weighted by molar-refractivity contribution is 0.0416. The summed E-state index contributed by atoms with van der Waals surface area (Å²) in [7, 11) is 1.68. The molecule has 0 bridgehead atoms. The van der Waals surface area contributed by atoms with Crippen LogP contribution >= 0.6 is 0 Å². The van der Waals surface area contributed by atoms with Gasteiger partial charge in [-0.2, -0.15) is 0 Å². The van der Waals surface area contributed by atoms with Crippen LogP contribution in [0.2, 0.25) is 0 Å². The van der Waals surface area contributed by atoms with Crippen LogP contribution < -0.4 is 10.5 Å². The normalized spacial score (nSPS) is 26.0. The van der Waals surface area contributed by atoms with E-state index in [1.165, 1.54) is 25.7 Å². The van der Waals surface area contributed by atoms with Crippen LogP contribution in [-0.2, 0) is 6.54 Å². The standard InChI is InChI=1S/C17H29N3O/c1-4-20(12-15-6-5-11-19-16(15)21-3)17(13-18)9-7-14(2)8-10-17/h5-6,11,14H,4,7-10,12-13,18H2,1-3H3. The van der Waals surface area contributed by atoms with Crippen molar-refractivity contribution in [3.63, 3.8) is 0 Å². The number of likely N-dealkylation sites (N-methyl/N-ethyl adjacent to an activating group) is 1. The molecule has 1 fully saturated rings. The first kappa shape index (κ1) is 16.2. The molecule has 0 amide bonds. The molecule has 118 valence electrons. The number of nitrogens with two attached hydrogens (primary N) is 1. The van der Waals surface area contributed by atoms with Gasteiger partial charge in [0.15, 0.2) is 0 Å². The van der Waals surface area contributed by atoms with Crippen molar-refractivity contribution in [1.29, 1.82) is 0 Å². The number of methoxy groups -OCH3 is 1. The molecule has 2 rings (SSSR count). The lowest BCUT2D eigenvalue weighted by Crippen LogP contribution is -2.55. The van der Waals surface area contributed by atoms with Gasteiger partial charge in [0.1, 0.15) is 0 Å². The summed E-state index contributed by atoms with van der Waals surface area (Å²) in [6, 6.07) is 4.08. The first-order valence-electron chi connectivity index (χ1n) is 8.08. The molecule has 0 saturated heterocycles. The molecule has 1 saturated carbocycles. The van der Waals surface area contributed by atoms with Crippen LogP contribution in [0.5, 0.6) is 5.88 Å². The predicted molar refractivity (Wildman–Crippen MR) is 86.3 cm³/mol.